The van der Waals surface area contributed by atoms with Crippen molar-refractivity contribution in [3.63, 3.8) is 0 Å². The Kier molecular flexibility index (Phi) is 10.6. The summed E-state index contributed by atoms with van der Waals surface area (Å²) in [5.41, 5.74) is 7.83. The van der Waals surface area contributed by atoms with E-state index in [2.05, 4.69) is 16.0 Å². The van der Waals surface area contributed by atoms with E-state index in [4.69, 9.17) is 5.73 Å². The van der Waals surface area contributed by atoms with Gasteiger partial charge in [-0.15, -0.1) is 0 Å². The molecular formula is C33H36N4O7. The third-order valence-corrected chi connectivity index (χ3v) is 7.35. The van der Waals surface area contributed by atoms with Crippen LogP contribution in [0.2, 0.25) is 0 Å². The van der Waals surface area contributed by atoms with E-state index in [0.29, 0.717) is 0 Å². The fourth-order valence-electron chi connectivity index (χ4n) is 4.91. The van der Waals surface area contributed by atoms with Crippen molar-refractivity contribution in [1.29, 1.82) is 0 Å². The maximum Gasteiger partial charge on any atom is 0.328 e. The van der Waals surface area contributed by atoms with Crippen LogP contribution in [-0.4, -0.2) is 75.9 Å². The highest BCUT2D eigenvalue weighted by atomic mass is 16.4. The van der Waals surface area contributed by atoms with Crippen LogP contribution in [0.3, 0.4) is 0 Å². The lowest BCUT2D eigenvalue weighted by Crippen LogP contribution is -2.59. The van der Waals surface area contributed by atoms with Crippen molar-refractivity contribution in [2.75, 3.05) is 6.61 Å². The molecule has 3 amide bonds. The average Bonchev–Trinajstić information content (AvgIpc) is 3.01. The third kappa shape index (κ3) is 8.16. The van der Waals surface area contributed by atoms with Crippen molar-refractivity contribution in [1.82, 2.24) is 16.0 Å². The molecule has 8 N–H and O–H groups in total. The SMILES string of the molecule is C[C@H](O)[C@@H](NC(=O)[C@@H](CO)NC(=O)[C@@H](Cc1ccc2ccccc2c1)NC(=O)[C@H](N)Cc1ccc2ccccc2c1)C(=O)O. The molecule has 0 aromatic heterocycles. The van der Waals surface area contributed by atoms with Gasteiger partial charge in [-0.05, 0) is 46.0 Å². The largest absolute Gasteiger partial charge is 0.480 e. The average molecular weight is 601 g/mol. The fraction of sp³-hybridized carbons (Fsp3) is 0.273. The summed E-state index contributed by atoms with van der Waals surface area (Å²) in [5.74, 6) is -3.89. The molecule has 11 nitrogen and oxygen atoms in total. The predicted molar refractivity (Wildman–Crippen MR) is 165 cm³/mol. The molecule has 11 heteroatoms. The summed E-state index contributed by atoms with van der Waals surface area (Å²) in [4.78, 5) is 50.9. The smallest absolute Gasteiger partial charge is 0.328 e. The number of fused-ring (bicyclic) bond motifs is 2. The molecule has 4 rings (SSSR count). The molecule has 0 saturated heterocycles. The first-order valence-corrected chi connectivity index (χ1v) is 14.2. The topological polar surface area (TPSA) is 191 Å². The molecule has 0 saturated carbocycles. The molecule has 0 unspecified atom stereocenters. The van der Waals surface area contributed by atoms with Gasteiger partial charge in [0.2, 0.25) is 17.7 Å². The predicted octanol–water partition coefficient (Wildman–Crippen LogP) is 1.02. The van der Waals surface area contributed by atoms with Crippen molar-refractivity contribution in [2.24, 2.45) is 5.73 Å². The summed E-state index contributed by atoms with van der Waals surface area (Å²) < 4.78 is 0. The highest BCUT2D eigenvalue weighted by Gasteiger charge is 2.32. The number of carboxylic acid groups (broad SMARTS) is 1. The number of amides is 3. The van der Waals surface area contributed by atoms with E-state index in [-0.39, 0.29) is 12.8 Å². The number of carboxylic acids is 1. The zero-order chi connectivity index (χ0) is 31.8. The van der Waals surface area contributed by atoms with Gasteiger partial charge in [-0.1, -0.05) is 84.9 Å². The van der Waals surface area contributed by atoms with Crippen LogP contribution in [0.25, 0.3) is 21.5 Å². The normalized spacial score (nSPS) is 14.6. The summed E-state index contributed by atoms with van der Waals surface area (Å²) >= 11 is 0. The summed E-state index contributed by atoms with van der Waals surface area (Å²) in [6, 6.07) is 21.4. The lowest BCUT2D eigenvalue weighted by molar-refractivity contribution is -0.145. The molecule has 0 spiro atoms. The van der Waals surface area contributed by atoms with Gasteiger partial charge in [-0.3, -0.25) is 14.4 Å². The van der Waals surface area contributed by atoms with E-state index < -0.39 is 60.6 Å². The van der Waals surface area contributed by atoms with Crippen molar-refractivity contribution in [3.05, 3.63) is 96.1 Å². The lowest BCUT2D eigenvalue weighted by atomic mass is 9.99. The van der Waals surface area contributed by atoms with E-state index in [1.807, 2.05) is 84.9 Å². The summed E-state index contributed by atoms with van der Waals surface area (Å²) in [6.45, 7) is 0.323. The van der Waals surface area contributed by atoms with Crippen LogP contribution >= 0.6 is 0 Å². The minimum atomic E-state index is -1.66. The minimum Gasteiger partial charge on any atom is -0.480 e. The van der Waals surface area contributed by atoms with Crippen LogP contribution in [0.15, 0.2) is 84.9 Å². The molecule has 0 fully saturated rings. The molecule has 0 radical (unpaired) electrons. The number of benzene rings is 4. The second-order valence-electron chi connectivity index (χ2n) is 10.7. The summed E-state index contributed by atoms with van der Waals surface area (Å²) in [7, 11) is 0. The molecule has 0 heterocycles. The molecule has 5 atom stereocenters. The van der Waals surface area contributed by atoms with Crippen LogP contribution < -0.4 is 21.7 Å². The first kappa shape index (κ1) is 32.1. The van der Waals surface area contributed by atoms with Gasteiger partial charge >= 0.3 is 5.97 Å². The third-order valence-electron chi connectivity index (χ3n) is 7.35. The first-order valence-electron chi connectivity index (χ1n) is 14.2. The molecule has 44 heavy (non-hydrogen) atoms. The van der Waals surface area contributed by atoms with Gasteiger partial charge in [0.25, 0.3) is 0 Å². The standard InChI is InChI=1S/C33H36N4O7/c1-19(39)29(33(43)44)37-32(42)28(18-38)36-31(41)27(17-21-11-13-23-7-3-5-9-25(23)15-21)35-30(40)26(34)16-20-10-12-22-6-2-4-8-24(22)14-20/h2-15,19,26-29,38-39H,16-18,34H2,1H3,(H,35,40)(H,36,41)(H,37,42)(H,43,44)/t19-,26+,27+,28+,29+/m0/s1. The van der Waals surface area contributed by atoms with E-state index in [1.54, 1.807) is 0 Å². The van der Waals surface area contributed by atoms with Crippen molar-refractivity contribution in [3.8, 4) is 0 Å². The first-order chi connectivity index (χ1) is 21.0. The monoisotopic (exact) mass is 600 g/mol. The minimum absolute atomic E-state index is 0.0380. The van der Waals surface area contributed by atoms with Crippen LogP contribution in [0.4, 0.5) is 0 Å². The molecule has 0 bridgehead atoms. The maximum atomic E-state index is 13.5. The number of nitrogens with two attached hydrogens (primary N) is 1. The summed E-state index contributed by atoms with van der Waals surface area (Å²) in [5, 5.41) is 40.0. The van der Waals surface area contributed by atoms with Crippen molar-refractivity contribution >= 4 is 45.2 Å². The Hall–Kier alpha value is -4.84. The second-order valence-corrected chi connectivity index (χ2v) is 10.7. The highest BCUT2D eigenvalue weighted by Crippen LogP contribution is 2.18. The Morgan fingerprint density at radius 1 is 0.682 bits per heavy atom. The van der Waals surface area contributed by atoms with Gasteiger partial charge in [0, 0.05) is 6.42 Å². The number of nitrogens with one attached hydrogen (secondary N) is 3. The number of aliphatic hydroxyl groups excluding tert-OH is 2. The zero-order valence-corrected chi connectivity index (χ0v) is 24.1. The molecule has 230 valence electrons. The van der Waals surface area contributed by atoms with Crippen molar-refractivity contribution in [2.45, 2.75) is 50.0 Å². The van der Waals surface area contributed by atoms with Gasteiger partial charge in [0.1, 0.15) is 12.1 Å². The van der Waals surface area contributed by atoms with Crippen LogP contribution in [0, 0.1) is 0 Å². The molecule has 0 aliphatic carbocycles. The van der Waals surface area contributed by atoms with E-state index in [0.717, 1.165) is 32.7 Å². The van der Waals surface area contributed by atoms with E-state index in [9.17, 15) is 34.5 Å². The number of rotatable bonds is 13. The van der Waals surface area contributed by atoms with Gasteiger partial charge in [0.05, 0.1) is 18.8 Å². The molecular weight excluding hydrogens is 564 g/mol. The zero-order valence-electron chi connectivity index (χ0n) is 24.1. The molecule has 0 aliphatic heterocycles. The Morgan fingerprint density at radius 3 is 1.66 bits per heavy atom. The molecule has 0 aliphatic rings. The number of hydrogen-bond acceptors (Lipinski definition) is 7. The summed E-state index contributed by atoms with van der Waals surface area (Å²) in [6.07, 6.45) is -1.19. The Balaban J connectivity index is 1.52. The van der Waals surface area contributed by atoms with Crippen molar-refractivity contribution < 1.29 is 34.5 Å². The van der Waals surface area contributed by atoms with Crippen LogP contribution in [0.5, 0.6) is 0 Å². The Morgan fingerprint density at radius 2 is 1.16 bits per heavy atom. The Bertz CT molecular complexity index is 1660. The van der Waals surface area contributed by atoms with Crippen LogP contribution in [0.1, 0.15) is 18.1 Å². The Labute approximate surface area is 254 Å². The number of aliphatic carboxylic acids is 1. The van der Waals surface area contributed by atoms with Crippen LogP contribution in [-0.2, 0) is 32.0 Å². The van der Waals surface area contributed by atoms with Gasteiger partial charge in [0.15, 0.2) is 6.04 Å². The second kappa shape index (κ2) is 14.6. The number of aliphatic hydroxyl groups is 2. The van der Waals surface area contributed by atoms with E-state index >= 15 is 0 Å². The quantitative estimate of drug-likeness (QED) is 0.118. The lowest BCUT2D eigenvalue weighted by Gasteiger charge is -2.25. The van der Waals surface area contributed by atoms with Gasteiger partial charge in [-0.2, -0.15) is 0 Å². The maximum absolute atomic E-state index is 13.5. The molecule has 4 aromatic carbocycles. The highest BCUT2D eigenvalue weighted by molar-refractivity contribution is 5.94. The number of hydrogen-bond donors (Lipinski definition) is 7. The van der Waals surface area contributed by atoms with E-state index in [1.165, 1.54) is 6.92 Å². The number of carbonyl (C=O) groups is 4. The van der Waals surface area contributed by atoms with Gasteiger partial charge < -0.3 is 37.0 Å². The van der Waals surface area contributed by atoms with Gasteiger partial charge in [-0.25, -0.2) is 4.79 Å². The molecule has 4 aromatic rings. The number of carbonyl (C=O) groups excluding carboxylic acids is 3. The fourth-order valence-corrected chi connectivity index (χ4v) is 4.91.